The Bertz CT molecular complexity index is 687. The van der Waals surface area contributed by atoms with Crippen LogP contribution in [0.1, 0.15) is 48.0 Å². The van der Waals surface area contributed by atoms with Gasteiger partial charge in [-0.1, -0.05) is 18.9 Å². The van der Waals surface area contributed by atoms with Crippen molar-refractivity contribution in [2.24, 2.45) is 5.92 Å². The van der Waals surface area contributed by atoms with Crippen molar-refractivity contribution >= 4 is 17.7 Å². The molecule has 25 heavy (non-hydrogen) atoms. The molecule has 2 aliphatic heterocycles. The Morgan fingerprint density at radius 3 is 2.92 bits per heavy atom. The molecule has 132 valence electrons. The zero-order valence-electron chi connectivity index (χ0n) is 14.4. The van der Waals surface area contributed by atoms with Gasteiger partial charge < -0.3 is 9.64 Å². The van der Waals surface area contributed by atoms with Crippen molar-refractivity contribution < 1.29 is 9.53 Å². The third-order valence-corrected chi connectivity index (χ3v) is 7.28. The Hall–Kier alpha value is -1.51. The lowest BCUT2D eigenvalue weighted by molar-refractivity contribution is 0.0197. The molecule has 1 aromatic rings. The van der Waals surface area contributed by atoms with Gasteiger partial charge in [-0.15, -0.1) is 11.8 Å². The molecule has 0 bridgehead atoms. The van der Waals surface area contributed by atoms with Gasteiger partial charge in [-0.3, -0.25) is 4.79 Å². The molecular formula is C20H24N2O2S. The first-order chi connectivity index (χ1) is 12.2. The molecule has 0 radical (unpaired) electrons. The molecule has 1 spiro atoms. The van der Waals surface area contributed by atoms with Crippen LogP contribution >= 0.6 is 11.8 Å². The summed E-state index contributed by atoms with van der Waals surface area (Å²) >= 11 is 1.97. The first-order valence-electron chi connectivity index (χ1n) is 9.22. The Balaban J connectivity index is 1.28. The summed E-state index contributed by atoms with van der Waals surface area (Å²) < 4.78 is 6.37. The highest BCUT2D eigenvalue weighted by Gasteiger charge is 2.51. The van der Waals surface area contributed by atoms with E-state index in [-0.39, 0.29) is 10.7 Å². The van der Waals surface area contributed by atoms with E-state index >= 15 is 0 Å². The van der Waals surface area contributed by atoms with Gasteiger partial charge in [0.05, 0.1) is 22.5 Å². The van der Waals surface area contributed by atoms with E-state index in [1.807, 2.05) is 16.7 Å². The summed E-state index contributed by atoms with van der Waals surface area (Å²) in [5, 5.41) is 8.99. The standard InChI is InChI=1S/C20H24N2O2S/c21-10-16-6-3-7-17(8-16)19(23)22-13-20(14-22)9-18(12-25-20)24-11-15-4-1-2-5-15/h3,6-8,15,18H,1-2,4-5,9,11-14H2/t18-/m0/s1. The van der Waals surface area contributed by atoms with Crippen LogP contribution in [-0.4, -0.2) is 47.1 Å². The van der Waals surface area contributed by atoms with E-state index < -0.39 is 0 Å². The van der Waals surface area contributed by atoms with Crippen molar-refractivity contribution in [1.82, 2.24) is 4.90 Å². The molecule has 4 rings (SSSR count). The lowest BCUT2D eigenvalue weighted by Gasteiger charge is -2.47. The summed E-state index contributed by atoms with van der Waals surface area (Å²) in [6.45, 7) is 2.53. The van der Waals surface area contributed by atoms with Crippen LogP contribution in [0.4, 0.5) is 0 Å². The molecule has 0 aromatic heterocycles. The lowest BCUT2D eigenvalue weighted by atomic mass is 9.92. The highest BCUT2D eigenvalue weighted by Crippen LogP contribution is 2.46. The van der Waals surface area contributed by atoms with Gasteiger partial charge in [-0.2, -0.15) is 5.26 Å². The maximum atomic E-state index is 12.6. The Kier molecular flexibility index (Phi) is 4.75. The third kappa shape index (κ3) is 3.56. The number of ether oxygens (including phenoxy) is 1. The van der Waals surface area contributed by atoms with Crippen LogP contribution in [0.5, 0.6) is 0 Å². The highest BCUT2D eigenvalue weighted by molar-refractivity contribution is 8.01. The van der Waals surface area contributed by atoms with Crippen LogP contribution in [0.15, 0.2) is 24.3 Å². The van der Waals surface area contributed by atoms with E-state index in [0.717, 1.165) is 37.8 Å². The number of nitriles is 1. The number of nitrogens with zero attached hydrogens (tertiary/aromatic N) is 2. The average Bonchev–Trinajstić information content (AvgIpc) is 3.27. The minimum atomic E-state index is 0.0404. The molecule has 1 saturated carbocycles. The van der Waals surface area contributed by atoms with Crippen LogP contribution in [0.3, 0.4) is 0 Å². The van der Waals surface area contributed by atoms with Crippen molar-refractivity contribution in [3.8, 4) is 6.07 Å². The second-order valence-electron chi connectivity index (χ2n) is 7.66. The fourth-order valence-corrected chi connectivity index (χ4v) is 5.83. The zero-order chi connectivity index (χ0) is 17.3. The summed E-state index contributed by atoms with van der Waals surface area (Å²) in [6.07, 6.45) is 6.80. The summed E-state index contributed by atoms with van der Waals surface area (Å²) in [4.78, 5) is 14.5. The third-order valence-electron chi connectivity index (χ3n) is 5.70. The molecule has 0 N–H and O–H groups in total. The highest BCUT2D eigenvalue weighted by atomic mass is 32.2. The number of hydrogen-bond donors (Lipinski definition) is 0. The van der Waals surface area contributed by atoms with E-state index in [4.69, 9.17) is 10.00 Å². The van der Waals surface area contributed by atoms with Crippen LogP contribution in [0.25, 0.3) is 0 Å². The van der Waals surface area contributed by atoms with Gasteiger partial charge in [-0.05, 0) is 43.4 Å². The predicted molar refractivity (Wildman–Crippen MR) is 98.6 cm³/mol. The fraction of sp³-hybridized carbons (Fsp3) is 0.600. The molecule has 3 aliphatic rings. The van der Waals surface area contributed by atoms with Gasteiger partial charge in [0.25, 0.3) is 5.91 Å². The topological polar surface area (TPSA) is 53.3 Å². The molecule has 1 aromatic carbocycles. The van der Waals surface area contributed by atoms with Gasteiger partial charge >= 0.3 is 0 Å². The van der Waals surface area contributed by atoms with E-state index in [2.05, 4.69) is 6.07 Å². The van der Waals surface area contributed by atoms with Crippen molar-refractivity contribution in [3.63, 3.8) is 0 Å². The van der Waals surface area contributed by atoms with Crippen molar-refractivity contribution in [1.29, 1.82) is 5.26 Å². The van der Waals surface area contributed by atoms with E-state index in [1.165, 1.54) is 25.7 Å². The quantitative estimate of drug-likeness (QED) is 0.829. The molecule has 2 saturated heterocycles. The van der Waals surface area contributed by atoms with E-state index in [1.54, 1.807) is 24.3 Å². The number of benzene rings is 1. The molecular weight excluding hydrogens is 332 g/mol. The number of likely N-dealkylation sites (tertiary alicyclic amines) is 1. The zero-order valence-corrected chi connectivity index (χ0v) is 15.3. The second-order valence-corrected chi connectivity index (χ2v) is 9.15. The largest absolute Gasteiger partial charge is 0.377 e. The Morgan fingerprint density at radius 2 is 2.16 bits per heavy atom. The van der Waals surface area contributed by atoms with Crippen LogP contribution in [0.2, 0.25) is 0 Å². The van der Waals surface area contributed by atoms with Gasteiger partial charge in [-0.25, -0.2) is 0 Å². The van der Waals surface area contributed by atoms with Crippen molar-refractivity contribution in [3.05, 3.63) is 35.4 Å². The average molecular weight is 356 g/mol. The van der Waals surface area contributed by atoms with E-state index in [0.29, 0.717) is 17.2 Å². The number of carbonyl (C=O) groups is 1. The molecule has 3 fully saturated rings. The SMILES string of the molecule is N#Cc1cccc(C(=O)N2CC3(C[C@H](OCC4CCCC4)CS3)C2)c1. The number of thioether (sulfide) groups is 1. The smallest absolute Gasteiger partial charge is 0.253 e. The van der Waals surface area contributed by atoms with Crippen LogP contribution in [-0.2, 0) is 4.74 Å². The maximum absolute atomic E-state index is 12.6. The minimum absolute atomic E-state index is 0.0404. The molecule has 1 aliphatic carbocycles. The van der Waals surface area contributed by atoms with Gasteiger partial charge in [0.15, 0.2) is 0 Å². The maximum Gasteiger partial charge on any atom is 0.253 e. The molecule has 5 heteroatoms. The van der Waals surface area contributed by atoms with Crippen LogP contribution < -0.4 is 0 Å². The van der Waals surface area contributed by atoms with Gasteiger partial charge in [0.2, 0.25) is 0 Å². The second kappa shape index (κ2) is 7.01. The minimum Gasteiger partial charge on any atom is -0.377 e. The first-order valence-corrected chi connectivity index (χ1v) is 10.2. The molecule has 2 heterocycles. The summed E-state index contributed by atoms with van der Waals surface area (Å²) in [5.74, 6) is 1.87. The number of rotatable bonds is 4. The molecule has 4 nitrogen and oxygen atoms in total. The number of carbonyl (C=O) groups excluding carboxylic acids is 1. The Labute approximate surface area is 153 Å². The van der Waals surface area contributed by atoms with Crippen molar-refractivity contribution in [2.75, 3.05) is 25.4 Å². The monoisotopic (exact) mass is 356 g/mol. The molecule has 1 atom stereocenters. The van der Waals surface area contributed by atoms with Crippen LogP contribution in [0, 0.1) is 17.2 Å². The first kappa shape index (κ1) is 16.9. The molecule has 1 amide bonds. The Morgan fingerprint density at radius 1 is 1.36 bits per heavy atom. The summed E-state index contributed by atoms with van der Waals surface area (Å²) in [7, 11) is 0. The summed E-state index contributed by atoms with van der Waals surface area (Å²) in [6, 6.07) is 9.08. The number of amides is 1. The number of hydrogen-bond acceptors (Lipinski definition) is 4. The van der Waals surface area contributed by atoms with Crippen molar-refractivity contribution in [2.45, 2.75) is 43.0 Å². The van der Waals surface area contributed by atoms with E-state index in [9.17, 15) is 4.79 Å². The normalized spacial score (nSPS) is 25.1. The van der Waals surface area contributed by atoms with Gasteiger partial charge in [0, 0.05) is 31.0 Å². The van der Waals surface area contributed by atoms with Gasteiger partial charge in [0.1, 0.15) is 0 Å². The predicted octanol–water partition coefficient (Wildman–Crippen LogP) is 3.47. The lowest BCUT2D eigenvalue weighted by Crippen LogP contribution is -2.60. The fourth-order valence-electron chi connectivity index (χ4n) is 4.28. The molecule has 0 unspecified atom stereocenters. The summed E-state index contributed by atoms with van der Waals surface area (Å²) in [5.41, 5.74) is 1.16.